The summed E-state index contributed by atoms with van der Waals surface area (Å²) in [6.45, 7) is 7.34. The molecule has 0 aliphatic carbocycles. The van der Waals surface area contributed by atoms with E-state index in [-0.39, 0.29) is 18.2 Å². The molecule has 0 atom stereocenters. The van der Waals surface area contributed by atoms with Crippen molar-refractivity contribution >= 4 is 12.4 Å². The molecule has 29 heavy (non-hydrogen) atoms. The van der Waals surface area contributed by atoms with Gasteiger partial charge in [0.2, 0.25) is 0 Å². The Morgan fingerprint density at radius 1 is 1.03 bits per heavy atom. The van der Waals surface area contributed by atoms with Crippen LogP contribution in [0, 0.1) is 12.7 Å². The van der Waals surface area contributed by atoms with Crippen LogP contribution in [0.15, 0.2) is 42.9 Å². The Hall–Kier alpha value is -2.35. The van der Waals surface area contributed by atoms with Crippen molar-refractivity contribution in [3.63, 3.8) is 0 Å². The minimum absolute atomic E-state index is 0. The molecule has 0 bridgehead atoms. The highest BCUT2D eigenvalue weighted by Crippen LogP contribution is 2.30. The highest BCUT2D eigenvalue weighted by atomic mass is 35.5. The molecule has 0 spiro atoms. The molecule has 3 heterocycles. The van der Waals surface area contributed by atoms with Gasteiger partial charge in [0.1, 0.15) is 11.6 Å². The lowest BCUT2D eigenvalue weighted by atomic mass is 10.1. The van der Waals surface area contributed by atoms with Crippen LogP contribution >= 0.6 is 12.4 Å². The van der Waals surface area contributed by atoms with Crippen molar-refractivity contribution in [2.24, 2.45) is 0 Å². The minimum Gasteiger partial charge on any atom is -0.379 e. The number of rotatable bonds is 6. The van der Waals surface area contributed by atoms with Crippen molar-refractivity contribution in [1.82, 2.24) is 24.4 Å². The van der Waals surface area contributed by atoms with Gasteiger partial charge in [0.25, 0.3) is 0 Å². The van der Waals surface area contributed by atoms with Crippen molar-refractivity contribution in [1.29, 1.82) is 0 Å². The lowest BCUT2D eigenvalue weighted by Crippen LogP contribution is -2.37. The number of ether oxygens (including phenoxy) is 1. The van der Waals surface area contributed by atoms with Gasteiger partial charge in [-0.25, -0.2) is 19.3 Å². The quantitative estimate of drug-likeness (QED) is 0.613. The zero-order valence-electron chi connectivity index (χ0n) is 16.4. The van der Waals surface area contributed by atoms with Gasteiger partial charge < -0.3 is 9.30 Å². The Morgan fingerprint density at radius 2 is 1.79 bits per heavy atom. The number of morpholine rings is 1. The second kappa shape index (κ2) is 9.91. The van der Waals surface area contributed by atoms with Crippen molar-refractivity contribution in [2.75, 3.05) is 32.8 Å². The van der Waals surface area contributed by atoms with Crippen molar-refractivity contribution < 1.29 is 9.13 Å². The second-order valence-corrected chi connectivity index (χ2v) is 6.94. The zero-order chi connectivity index (χ0) is 19.3. The summed E-state index contributed by atoms with van der Waals surface area (Å²) in [5.41, 5.74) is 3.46. The molecule has 1 aliphatic heterocycles. The van der Waals surface area contributed by atoms with E-state index in [2.05, 4.69) is 24.4 Å². The topological polar surface area (TPSA) is 56.1 Å². The molecule has 3 aromatic rings. The fraction of sp³-hybridized carbons (Fsp3) is 0.381. The highest BCUT2D eigenvalue weighted by Gasteiger charge is 2.17. The molecule has 154 valence electrons. The van der Waals surface area contributed by atoms with Gasteiger partial charge in [-0.1, -0.05) is 0 Å². The van der Waals surface area contributed by atoms with Gasteiger partial charge in [-0.2, -0.15) is 0 Å². The zero-order valence-corrected chi connectivity index (χ0v) is 17.2. The molecule has 6 nitrogen and oxygen atoms in total. The summed E-state index contributed by atoms with van der Waals surface area (Å²) in [5, 5.41) is 0. The maximum atomic E-state index is 13.4. The van der Waals surface area contributed by atoms with E-state index in [9.17, 15) is 4.39 Å². The van der Waals surface area contributed by atoms with Gasteiger partial charge in [-0.05, 0) is 43.7 Å². The first-order valence-corrected chi connectivity index (χ1v) is 9.62. The summed E-state index contributed by atoms with van der Waals surface area (Å²) in [4.78, 5) is 15.9. The third kappa shape index (κ3) is 5.18. The molecule has 1 aliphatic rings. The van der Waals surface area contributed by atoms with E-state index in [0.29, 0.717) is 5.82 Å². The first-order chi connectivity index (χ1) is 13.7. The summed E-state index contributed by atoms with van der Waals surface area (Å²) >= 11 is 0. The van der Waals surface area contributed by atoms with E-state index < -0.39 is 0 Å². The maximum Gasteiger partial charge on any atom is 0.125 e. The third-order valence-electron chi connectivity index (χ3n) is 4.95. The van der Waals surface area contributed by atoms with Crippen LogP contribution in [0.25, 0.3) is 22.6 Å². The van der Waals surface area contributed by atoms with Crippen LogP contribution in [0.1, 0.15) is 12.2 Å². The smallest absolute Gasteiger partial charge is 0.125 e. The van der Waals surface area contributed by atoms with E-state index in [4.69, 9.17) is 4.74 Å². The summed E-state index contributed by atoms with van der Waals surface area (Å²) in [5.74, 6) is 0.455. The third-order valence-corrected chi connectivity index (χ3v) is 4.95. The Morgan fingerprint density at radius 3 is 2.52 bits per heavy atom. The van der Waals surface area contributed by atoms with E-state index >= 15 is 0 Å². The van der Waals surface area contributed by atoms with Gasteiger partial charge in [0, 0.05) is 37.9 Å². The number of nitrogens with zero attached hydrogens (tertiary/aromatic N) is 5. The maximum absolute atomic E-state index is 13.4. The standard InChI is InChI=1S/C21H24FN5O.ClH/c1-16-23-8-7-19(25-16)21-20(17-3-5-18(22)6-4-17)24-15-27(21)10-2-9-26-11-13-28-14-12-26;/h3-8,15H,2,9-14H2,1H3;1H. The van der Waals surface area contributed by atoms with Crippen LogP contribution in [-0.2, 0) is 11.3 Å². The van der Waals surface area contributed by atoms with E-state index in [1.165, 1.54) is 12.1 Å². The lowest BCUT2D eigenvalue weighted by molar-refractivity contribution is 0.0369. The number of aromatic nitrogens is 4. The predicted octanol–water partition coefficient (Wildman–Crippen LogP) is 3.60. The predicted molar refractivity (Wildman–Crippen MR) is 113 cm³/mol. The Labute approximate surface area is 176 Å². The first-order valence-electron chi connectivity index (χ1n) is 9.62. The summed E-state index contributed by atoms with van der Waals surface area (Å²) in [6, 6.07) is 8.33. The molecule has 8 heteroatoms. The Bertz CT molecular complexity index is 925. The average molecular weight is 418 g/mol. The number of aryl methyl sites for hydroxylation is 2. The monoisotopic (exact) mass is 417 g/mol. The molecule has 1 saturated heterocycles. The molecule has 2 aromatic heterocycles. The van der Waals surface area contributed by atoms with Crippen molar-refractivity contribution in [2.45, 2.75) is 19.9 Å². The van der Waals surface area contributed by atoms with Gasteiger partial charge in [-0.3, -0.25) is 4.90 Å². The molecule has 0 N–H and O–H groups in total. The van der Waals surface area contributed by atoms with E-state index in [1.54, 1.807) is 18.3 Å². The Balaban J connectivity index is 0.00000240. The molecule has 0 radical (unpaired) electrons. The van der Waals surface area contributed by atoms with Crippen LogP contribution in [0.5, 0.6) is 0 Å². The van der Waals surface area contributed by atoms with Crippen molar-refractivity contribution in [3.8, 4) is 22.6 Å². The lowest BCUT2D eigenvalue weighted by Gasteiger charge is -2.26. The number of benzene rings is 1. The second-order valence-electron chi connectivity index (χ2n) is 6.94. The number of hydrogen-bond donors (Lipinski definition) is 0. The molecular weight excluding hydrogens is 393 g/mol. The summed E-state index contributed by atoms with van der Waals surface area (Å²) in [7, 11) is 0. The largest absolute Gasteiger partial charge is 0.379 e. The fourth-order valence-corrected chi connectivity index (χ4v) is 3.52. The summed E-state index contributed by atoms with van der Waals surface area (Å²) < 4.78 is 20.9. The van der Waals surface area contributed by atoms with Crippen molar-refractivity contribution in [3.05, 3.63) is 54.5 Å². The van der Waals surface area contributed by atoms with Crippen LogP contribution in [-0.4, -0.2) is 57.3 Å². The summed E-state index contributed by atoms with van der Waals surface area (Å²) in [6.07, 6.45) is 4.62. The van der Waals surface area contributed by atoms with E-state index in [0.717, 1.165) is 68.5 Å². The number of imidazole rings is 1. The highest BCUT2D eigenvalue weighted by molar-refractivity contribution is 5.85. The molecule has 0 amide bonds. The van der Waals surface area contributed by atoms with Gasteiger partial charge >= 0.3 is 0 Å². The Kier molecular flexibility index (Phi) is 7.30. The first kappa shape index (κ1) is 21.4. The number of halogens is 2. The SMILES string of the molecule is Cc1nccc(-c2c(-c3ccc(F)cc3)ncn2CCCN2CCOCC2)n1.Cl. The average Bonchev–Trinajstić information content (AvgIpc) is 3.13. The van der Waals surface area contributed by atoms with Crippen LogP contribution < -0.4 is 0 Å². The van der Waals surface area contributed by atoms with Gasteiger partial charge in [-0.15, -0.1) is 12.4 Å². The fourth-order valence-electron chi connectivity index (χ4n) is 3.52. The van der Waals surface area contributed by atoms with Crippen LogP contribution in [0.4, 0.5) is 4.39 Å². The van der Waals surface area contributed by atoms with E-state index in [1.807, 2.05) is 19.3 Å². The van der Waals surface area contributed by atoms with Gasteiger partial charge in [0.15, 0.2) is 0 Å². The molecule has 0 unspecified atom stereocenters. The molecule has 0 saturated carbocycles. The normalized spacial score (nSPS) is 14.6. The van der Waals surface area contributed by atoms with Crippen LogP contribution in [0.2, 0.25) is 0 Å². The molecular formula is C21H25ClFN5O. The van der Waals surface area contributed by atoms with Crippen LogP contribution in [0.3, 0.4) is 0 Å². The number of hydrogen-bond acceptors (Lipinski definition) is 5. The van der Waals surface area contributed by atoms with Gasteiger partial charge in [0.05, 0.1) is 36.6 Å². The molecule has 4 rings (SSSR count). The molecule has 1 aromatic carbocycles. The minimum atomic E-state index is -0.256. The molecule has 1 fully saturated rings.